The Morgan fingerprint density at radius 2 is 1.82 bits per heavy atom. The SMILES string of the molecule is CCNS(=O)(=O)c1ccc(C)c(C(=O)NC2CCN(Cc3cccc(C(F)(F)F)c3)CC2)c1. The fourth-order valence-corrected chi connectivity index (χ4v) is 4.96. The molecule has 2 aromatic rings. The smallest absolute Gasteiger partial charge is 0.349 e. The van der Waals surface area contributed by atoms with Crippen LogP contribution >= 0.6 is 0 Å². The monoisotopic (exact) mass is 483 g/mol. The molecule has 0 atom stereocenters. The second kappa shape index (κ2) is 10.2. The standard InChI is InChI=1S/C23H28F3N3O3S/c1-3-27-33(31,32)20-8-7-16(2)21(14-20)22(30)28-19-9-11-29(12-10-19)15-17-5-4-6-18(13-17)23(24,25)26/h4-8,13-14,19,27H,3,9-12,15H2,1-2H3,(H,28,30). The zero-order valence-electron chi connectivity index (χ0n) is 18.6. The van der Waals surface area contributed by atoms with Crippen LogP contribution in [0.1, 0.15) is 46.8 Å². The molecule has 6 nitrogen and oxygen atoms in total. The molecule has 0 aliphatic carbocycles. The highest BCUT2D eigenvalue weighted by molar-refractivity contribution is 7.89. The van der Waals surface area contributed by atoms with Gasteiger partial charge in [0.25, 0.3) is 5.91 Å². The fourth-order valence-electron chi connectivity index (χ4n) is 3.89. The van der Waals surface area contributed by atoms with E-state index in [1.54, 1.807) is 26.0 Å². The molecule has 10 heteroatoms. The lowest BCUT2D eigenvalue weighted by molar-refractivity contribution is -0.137. The number of carbonyl (C=O) groups is 1. The van der Waals surface area contributed by atoms with E-state index in [-0.39, 0.29) is 23.4 Å². The van der Waals surface area contributed by atoms with Crippen molar-refractivity contribution in [2.24, 2.45) is 0 Å². The molecule has 180 valence electrons. The Morgan fingerprint density at radius 1 is 1.12 bits per heavy atom. The van der Waals surface area contributed by atoms with Crippen molar-refractivity contribution in [3.63, 3.8) is 0 Å². The number of alkyl halides is 3. The van der Waals surface area contributed by atoms with Crippen molar-refractivity contribution < 1.29 is 26.4 Å². The summed E-state index contributed by atoms with van der Waals surface area (Å²) in [5.41, 5.74) is 0.919. The van der Waals surface area contributed by atoms with E-state index in [1.807, 2.05) is 0 Å². The first-order valence-corrected chi connectivity index (χ1v) is 12.3. The van der Waals surface area contributed by atoms with Gasteiger partial charge in [0.15, 0.2) is 0 Å². The highest BCUT2D eigenvalue weighted by Crippen LogP contribution is 2.30. The molecule has 1 saturated heterocycles. The van der Waals surface area contributed by atoms with Gasteiger partial charge in [-0.15, -0.1) is 0 Å². The van der Waals surface area contributed by atoms with Crippen LogP contribution in [0.4, 0.5) is 13.2 Å². The molecular formula is C23H28F3N3O3S. The Balaban J connectivity index is 1.59. The van der Waals surface area contributed by atoms with Crippen molar-refractivity contribution in [2.45, 2.75) is 50.3 Å². The lowest BCUT2D eigenvalue weighted by Gasteiger charge is -2.32. The summed E-state index contributed by atoms with van der Waals surface area (Å²) in [7, 11) is -3.67. The summed E-state index contributed by atoms with van der Waals surface area (Å²) < 4.78 is 65.7. The molecule has 2 aromatic carbocycles. The average Bonchev–Trinajstić information content (AvgIpc) is 2.75. The molecule has 1 aliphatic rings. The number of likely N-dealkylation sites (tertiary alicyclic amines) is 1. The second-order valence-corrected chi connectivity index (χ2v) is 9.97. The van der Waals surface area contributed by atoms with Crippen molar-refractivity contribution in [1.82, 2.24) is 14.9 Å². The number of amides is 1. The highest BCUT2D eigenvalue weighted by atomic mass is 32.2. The van der Waals surface area contributed by atoms with E-state index in [4.69, 9.17) is 0 Å². The van der Waals surface area contributed by atoms with Gasteiger partial charge in [-0.25, -0.2) is 13.1 Å². The minimum Gasteiger partial charge on any atom is -0.349 e. The number of hydrogen-bond donors (Lipinski definition) is 2. The third-order valence-electron chi connectivity index (χ3n) is 5.68. The molecule has 0 radical (unpaired) electrons. The molecule has 0 spiro atoms. The Bertz CT molecular complexity index is 1100. The third kappa shape index (κ3) is 6.55. The lowest BCUT2D eigenvalue weighted by atomic mass is 10.0. The predicted molar refractivity (Wildman–Crippen MR) is 119 cm³/mol. The quantitative estimate of drug-likeness (QED) is 0.630. The normalized spacial score (nSPS) is 16.0. The molecule has 2 N–H and O–H groups in total. The molecule has 0 unspecified atom stereocenters. The Hall–Kier alpha value is -2.43. The summed E-state index contributed by atoms with van der Waals surface area (Å²) in [4.78, 5) is 14.9. The number of hydrogen-bond acceptors (Lipinski definition) is 4. The Labute approximate surface area is 192 Å². The van der Waals surface area contributed by atoms with Crippen LogP contribution in [0.5, 0.6) is 0 Å². The van der Waals surface area contributed by atoms with E-state index in [1.165, 1.54) is 24.3 Å². The van der Waals surface area contributed by atoms with Gasteiger partial charge in [-0.05, 0) is 49.1 Å². The van der Waals surface area contributed by atoms with Gasteiger partial charge in [0.2, 0.25) is 10.0 Å². The number of halogens is 3. The third-order valence-corrected chi connectivity index (χ3v) is 7.22. The fraction of sp³-hybridized carbons (Fsp3) is 0.435. The van der Waals surface area contributed by atoms with E-state index < -0.39 is 21.8 Å². The highest BCUT2D eigenvalue weighted by Gasteiger charge is 2.30. The van der Waals surface area contributed by atoms with Crippen molar-refractivity contribution in [1.29, 1.82) is 0 Å². The Kier molecular flexibility index (Phi) is 7.81. The van der Waals surface area contributed by atoms with Crippen LogP contribution in [0.3, 0.4) is 0 Å². The maximum Gasteiger partial charge on any atom is 0.416 e. The summed E-state index contributed by atoms with van der Waals surface area (Å²) in [5.74, 6) is -0.336. The zero-order valence-corrected chi connectivity index (χ0v) is 19.4. The van der Waals surface area contributed by atoms with E-state index in [2.05, 4.69) is 14.9 Å². The van der Waals surface area contributed by atoms with E-state index in [0.29, 0.717) is 49.2 Å². The first-order chi connectivity index (χ1) is 15.5. The molecule has 0 saturated carbocycles. The molecular weight excluding hydrogens is 455 g/mol. The van der Waals surface area contributed by atoms with Gasteiger partial charge in [-0.1, -0.05) is 31.2 Å². The van der Waals surface area contributed by atoms with Crippen molar-refractivity contribution in [3.05, 3.63) is 64.7 Å². The topological polar surface area (TPSA) is 78.5 Å². The number of benzene rings is 2. The molecule has 0 aromatic heterocycles. The first-order valence-electron chi connectivity index (χ1n) is 10.8. The number of sulfonamides is 1. The number of piperidine rings is 1. The first kappa shape index (κ1) is 25.2. The predicted octanol–water partition coefficient (Wildman–Crippen LogP) is 3.71. The Morgan fingerprint density at radius 3 is 2.45 bits per heavy atom. The van der Waals surface area contributed by atoms with Crippen LogP contribution in [0.25, 0.3) is 0 Å². The maximum absolute atomic E-state index is 12.9. The molecule has 1 amide bonds. The number of nitrogens with zero attached hydrogens (tertiary/aromatic N) is 1. The van der Waals surface area contributed by atoms with Gasteiger partial charge in [-0.2, -0.15) is 13.2 Å². The molecule has 0 bridgehead atoms. The van der Waals surface area contributed by atoms with Crippen LogP contribution in [0, 0.1) is 6.92 Å². The van der Waals surface area contributed by atoms with Gasteiger partial charge in [0.05, 0.1) is 10.5 Å². The summed E-state index contributed by atoms with van der Waals surface area (Å²) in [6.07, 6.45) is -3.06. The van der Waals surface area contributed by atoms with Gasteiger partial charge < -0.3 is 5.32 Å². The van der Waals surface area contributed by atoms with E-state index in [0.717, 1.165) is 6.07 Å². The lowest BCUT2D eigenvalue weighted by Crippen LogP contribution is -2.44. The van der Waals surface area contributed by atoms with Gasteiger partial charge in [-0.3, -0.25) is 9.69 Å². The molecule has 1 heterocycles. The van der Waals surface area contributed by atoms with Crippen LogP contribution in [0.15, 0.2) is 47.4 Å². The van der Waals surface area contributed by atoms with Crippen molar-refractivity contribution in [3.8, 4) is 0 Å². The summed E-state index contributed by atoms with van der Waals surface area (Å²) in [5, 5.41) is 2.97. The van der Waals surface area contributed by atoms with Crippen molar-refractivity contribution >= 4 is 15.9 Å². The minimum absolute atomic E-state index is 0.0380. The van der Waals surface area contributed by atoms with E-state index in [9.17, 15) is 26.4 Å². The maximum atomic E-state index is 12.9. The average molecular weight is 484 g/mol. The zero-order chi connectivity index (χ0) is 24.2. The summed E-state index contributed by atoms with van der Waals surface area (Å²) in [6, 6.07) is 9.69. The largest absolute Gasteiger partial charge is 0.416 e. The van der Waals surface area contributed by atoms with Gasteiger partial charge in [0.1, 0.15) is 0 Å². The second-order valence-electron chi connectivity index (χ2n) is 8.20. The number of nitrogens with one attached hydrogen (secondary N) is 2. The van der Waals surface area contributed by atoms with Crippen LogP contribution < -0.4 is 10.0 Å². The van der Waals surface area contributed by atoms with Crippen LogP contribution in [0.2, 0.25) is 0 Å². The molecule has 3 rings (SSSR count). The van der Waals surface area contributed by atoms with E-state index >= 15 is 0 Å². The van der Waals surface area contributed by atoms with Crippen molar-refractivity contribution in [2.75, 3.05) is 19.6 Å². The van der Waals surface area contributed by atoms with Gasteiger partial charge in [0, 0.05) is 37.8 Å². The molecule has 1 fully saturated rings. The number of rotatable bonds is 7. The minimum atomic E-state index is -4.37. The molecule has 33 heavy (non-hydrogen) atoms. The number of aryl methyl sites for hydroxylation is 1. The summed E-state index contributed by atoms with van der Waals surface area (Å²) in [6.45, 7) is 5.35. The number of carbonyl (C=O) groups excluding carboxylic acids is 1. The van der Waals surface area contributed by atoms with Crippen LogP contribution in [-0.2, 0) is 22.7 Å². The molecule has 1 aliphatic heterocycles. The summed E-state index contributed by atoms with van der Waals surface area (Å²) >= 11 is 0. The van der Waals surface area contributed by atoms with Crippen LogP contribution in [-0.4, -0.2) is 44.9 Å². The van der Waals surface area contributed by atoms with Gasteiger partial charge >= 0.3 is 6.18 Å².